The maximum Gasteiger partial charge on any atom is 0.314 e. The van der Waals surface area contributed by atoms with E-state index < -0.39 is 5.60 Å². The molecule has 0 bridgehead atoms. The van der Waals surface area contributed by atoms with Crippen molar-refractivity contribution in [2.24, 2.45) is 5.92 Å². The lowest BCUT2D eigenvalue weighted by molar-refractivity contribution is 0.00791. The highest BCUT2D eigenvalue weighted by Crippen LogP contribution is 2.18. The summed E-state index contributed by atoms with van der Waals surface area (Å²) in [7, 11) is 0. The maximum absolute atomic E-state index is 11.6. The quantitative estimate of drug-likeness (QED) is 0.722. The summed E-state index contributed by atoms with van der Waals surface area (Å²) in [6.07, 6.45) is 3.44. The van der Waals surface area contributed by atoms with Gasteiger partial charge < -0.3 is 15.7 Å². The van der Waals surface area contributed by atoms with Gasteiger partial charge in [0.2, 0.25) is 0 Å². The molecule has 1 heterocycles. The largest absolute Gasteiger partial charge is 0.388 e. The first kappa shape index (κ1) is 16.9. The number of nitrogens with one attached hydrogen (secondary N) is 2. The Morgan fingerprint density at radius 3 is 2.80 bits per heavy atom. The van der Waals surface area contributed by atoms with E-state index in [0.717, 1.165) is 17.8 Å². The Kier molecular flexibility index (Phi) is 6.42. The van der Waals surface area contributed by atoms with E-state index in [2.05, 4.69) is 15.6 Å². The van der Waals surface area contributed by atoms with Gasteiger partial charge in [-0.15, -0.1) is 11.3 Å². The molecule has 0 spiro atoms. The van der Waals surface area contributed by atoms with E-state index in [4.69, 9.17) is 0 Å². The number of rotatable bonds is 7. The second kappa shape index (κ2) is 7.59. The smallest absolute Gasteiger partial charge is 0.314 e. The Labute approximate surface area is 124 Å². The number of hydrogen-bond acceptors (Lipinski definition) is 4. The van der Waals surface area contributed by atoms with E-state index >= 15 is 0 Å². The van der Waals surface area contributed by atoms with Gasteiger partial charge in [0, 0.05) is 30.6 Å². The standard InChI is InChI=1S/C14H25N3O2S/c1-5-10(2)14(4,19)9-17-13(18)15-7-6-12-16-8-11(3)20-12/h8,10,19H,5-7,9H2,1-4H3,(H2,15,17,18). The molecule has 114 valence electrons. The van der Waals surface area contributed by atoms with E-state index in [1.807, 2.05) is 27.0 Å². The summed E-state index contributed by atoms with van der Waals surface area (Å²) in [5.41, 5.74) is -0.876. The Morgan fingerprint density at radius 2 is 2.25 bits per heavy atom. The normalized spacial score (nSPS) is 15.4. The van der Waals surface area contributed by atoms with Crippen LogP contribution in [-0.2, 0) is 6.42 Å². The molecular formula is C14H25N3O2S. The van der Waals surface area contributed by atoms with Crippen molar-refractivity contribution in [3.63, 3.8) is 0 Å². The van der Waals surface area contributed by atoms with Crippen LogP contribution in [0.25, 0.3) is 0 Å². The van der Waals surface area contributed by atoms with Crippen molar-refractivity contribution in [1.82, 2.24) is 15.6 Å². The lowest BCUT2D eigenvalue weighted by Gasteiger charge is -2.29. The number of aryl methyl sites for hydroxylation is 1. The molecule has 2 amide bonds. The van der Waals surface area contributed by atoms with Gasteiger partial charge in [0.05, 0.1) is 10.6 Å². The molecule has 0 aliphatic carbocycles. The van der Waals surface area contributed by atoms with Gasteiger partial charge in [-0.1, -0.05) is 20.3 Å². The topological polar surface area (TPSA) is 74.2 Å². The number of carbonyl (C=O) groups excluding carboxylic acids is 1. The van der Waals surface area contributed by atoms with Gasteiger partial charge >= 0.3 is 6.03 Å². The molecule has 0 fully saturated rings. The fourth-order valence-electron chi connectivity index (χ4n) is 1.74. The van der Waals surface area contributed by atoms with Crippen molar-refractivity contribution < 1.29 is 9.90 Å². The van der Waals surface area contributed by atoms with Gasteiger partial charge in [-0.2, -0.15) is 0 Å². The van der Waals surface area contributed by atoms with Crippen LogP contribution in [0.15, 0.2) is 6.20 Å². The summed E-state index contributed by atoms with van der Waals surface area (Å²) in [4.78, 5) is 17.1. The lowest BCUT2D eigenvalue weighted by atomic mass is 9.89. The number of carbonyl (C=O) groups is 1. The molecule has 1 aromatic heterocycles. The minimum atomic E-state index is -0.876. The fraction of sp³-hybridized carbons (Fsp3) is 0.714. The first-order valence-electron chi connectivity index (χ1n) is 7.00. The zero-order valence-electron chi connectivity index (χ0n) is 12.7. The van der Waals surface area contributed by atoms with E-state index in [1.165, 1.54) is 4.88 Å². The van der Waals surface area contributed by atoms with Crippen LogP contribution in [0.1, 0.15) is 37.1 Å². The predicted octanol–water partition coefficient (Wildman–Crippen LogP) is 2.09. The van der Waals surface area contributed by atoms with Crippen molar-refractivity contribution in [1.29, 1.82) is 0 Å². The van der Waals surface area contributed by atoms with Gasteiger partial charge in [-0.25, -0.2) is 9.78 Å². The number of hydrogen-bond donors (Lipinski definition) is 3. The Balaban J connectivity index is 2.23. The molecule has 0 saturated heterocycles. The fourth-order valence-corrected chi connectivity index (χ4v) is 2.52. The number of aliphatic hydroxyl groups is 1. The van der Waals surface area contributed by atoms with Gasteiger partial charge in [0.25, 0.3) is 0 Å². The van der Waals surface area contributed by atoms with Gasteiger partial charge in [0.1, 0.15) is 0 Å². The molecule has 0 radical (unpaired) electrons. The molecule has 3 N–H and O–H groups in total. The summed E-state index contributed by atoms with van der Waals surface area (Å²) in [5, 5.41) is 16.7. The van der Waals surface area contributed by atoms with Crippen molar-refractivity contribution >= 4 is 17.4 Å². The van der Waals surface area contributed by atoms with Gasteiger partial charge in [-0.3, -0.25) is 0 Å². The maximum atomic E-state index is 11.6. The number of thiazole rings is 1. The van der Waals surface area contributed by atoms with E-state index in [9.17, 15) is 9.90 Å². The molecule has 2 atom stereocenters. The highest BCUT2D eigenvalue weighted by atomic mass is 32.1. The summed E-state index contributed by atoms with van der Waals surface area (Å²) in [5.74, 6) is 0.140. The van der Waals surface area contributed by atoms with Crippen LogP contribution >= 0.6 is 11.3 Å². The van der Waals surface area contributed by atoms with Gasteiger partial charge in [0.15, 0.2) is 0 Å². The zero-order valence-corrected chi connectivity index (χ0v) is 13.5. The van der Waals surface area contributed by atoms with Crippen molar-refractivity contribution in [2.45, 2.75) is 46.1 Å². The third kappa shape index (κ3) is 5.46. The summed E-state index contributed by atoms with van der Waals surface area (Å²) < 4.78 is 0. The summed E-state index contributed by atoms with van der Waals surface area (Å²) in [6.45, 7) is 8.56. The van der Waals surface area contributed by atoms with E-state index in [1.54, 1.807) is 18.3 Å². The van der Waals surface area contributed by atoms with Crippen LogP contribution in [-0.4, -0.2) is 34.8 Å². The molecule has 0 aromatic carbocycles. The van der Waals surface area contributed by atoms with E-state index in [0.29, 0.717) is 6.54 Å². The third-order valence-corrected chi connectivity index (χ3v) is 4.55. The first-order valence-corrected chi connectivity index (χ1v) is 7.82. The van der Waals surface area contributed by atoms with Crippen molar-refractivity contribution in [2.75, 3.05) is 13.1 Å². The van der Waals surface area contributed by atoms with Crippen LogP contribution in [0, 0.1) is 12.8 Å². The minimum absolute atomic E-state index is 0.140. The number of aromatic nitrogens is 1. The second-order valence-electron chi connectivity index (χ2n) is 5.39. The van der Waals surface area contributed by atoms with Crippen LogP contribution < -0.4 is 10.6 Å². The van der Waals surface area contributed by atoms with Crippen LogP contribution in [0.4, 0.5) is 4.79 Å². The molecular weight excluding hydrogens is 274 g/mol. The molecule has 0 aliphatic rings. The summed E-state index contributed by atoms with van der Waals surface area (Å²) >= 11 is 1.64. The van der Waals surface area contributed by atoms with Crippen LogP contribution in [0.3, 0.4) is 0 Å². The zero-order chi connectivity index (χ0) is 15.2. The Bertz CT molecular complexity index is 432. The molecule has 20 heavy (non-hydrogen) atoms. The van der Waals surface area contributed by atoms with Crippen molar-refractivity contribution in [3.05, 3.63) is 16.1 Å². The van der Waals surface area contributed by atoms with Gasteiger partial charge in [-0.05, 0) is 19.8 Å². The Hall–Kier alpha value is -1.14. The minimum Gasteiger partial charge on any atom is -0.388 e. The number of amides is 2. The predicted molar refractivity (Wildman–Crippen MR) is 82.0 cm³/mol. The number of urea groups is 1. The average molecular weight is 299 g/mol. The molecule has 1 aromatic rings. The van der Waals surface area contributed by atoms with Crippen LogP contribution in [0.2, 0.25) is 0 Å². The highest BCUT2D eigenvalue weighted by Gasteiger charge is 2.27. The monoisotopic (exact) mass is 299 g/mol. The molecule has 0 saturated carbocycles. The lowest BCUT2D eigenvalue weighted by Crippen LogP contribution is -2.48. The number of nitrogens with zero attached hydrogens (tertiary/aromatic N) is 1. The molecule has 1 rings (SSSR count). The summed E-state index contributed by atoms with van der Waals surface area (Å²) in [6, 6.07) is -0.248. The molecule has 0 aliphatic heterocycles. The molecule has 2 unspecified atom stereocenters. The third-order valence-electron chi connectivity index (χ3n) is 3.57. The first-order chi connectivity index (χ1) is 9.35. The Morgan fingerprint density at radius 1 is 1.55 bits per heavy atom. The highest BCUT2D eigenvalue weighted by molar-refractivity contribution is 7.11. The SMILES string of the molecule is CCC(C)C(C)(O)CNC(=O)NCCc1ncc(C)s1. The molecule has 5 nitrogen and oxygen atoms in total. The second-order valence-corrected chi connectivity index (χ2v) is 6.71. The van der Waals surface area contributed by atoms with E-state index in [-0.39, 0.29) is 18.5 Å². The average Bonchev–Trinajstić information content (AvgIpc) is 2.81. The molecule has 6 heteroatoms. The van der Waals surface area contributed by atoms with Crippen LogP contribution in [0.5, 0.6) is 0 Å². The van der Waals surface area contributed by atoms with Crippen molar-refractivity contribution in [3.8, 4) is 0 Å².